The zero-order valence-corrected chi connectivity index (χ0v) is 8.16. The van der Waals surface area contributed by atoms with Crippen LogP contribution >= 0.6 is 0 Å². The molecular formula is C7H7CaNO2+2. The SMILES string of the molecule is NC(=O)c1ccccc1O.[Ca+2]. The van der Waals surface area contributed by atoms with Gasteiger partial charge in [0.05, 0.1) is 5.56 Å². The van der Waals surface area contributed by atoms with Gasteiger partial charge in [0.1, 0.15) is 5.75 Å². The fourth-order valence-electron chi connectivity index (χ4n) is 0.682. The molecule has 1 aromatic rings. The first-order chi connectivity index (χ1) is 4.72. The van der Waals surface area contributed by atoms with Gasteiger partial charge < -0.3 is 10.8 Å². The number of hydrogen-bond acceptors (Lipinski definition) is 2. The van der Waals surface area contributed by atoms with Gasteiger partial charge in [0.25, 0.3) is 5.91 Å². The van der Waals surface area contributed by atoms with E-state index >= 15 is 0 Å². The van der Waals surface area contributed by atoms with E-state index in [1.165, 1.54) is 12.1 Å². The Morgan fingerprint density at radius 2 is 1.91 bits per heavy atom. The van der Waals surface area contributed by atoms with E-state index in [0.717, 1.165) is 0 Å². The number of carbonyl (C=O) groups is 1. The Kier molecular flexibility index (Phi) is 4.49. The van der Waals surface area contributed by atoms with Crippen molar-refractivity contribution >= 4 is 43.6 Å². The molecule has 0 heterocycles. The van der Waals surface area contributed by atoms with E-state index in [4.69, 9.17) is 10.8 Å². The molecule has 52 valence electrons. The molecule has 0 atom stereocenters. The van der Waals surface area contributed by atoms with Crippen molar-refractivity contribution in [2.24, 2.45) is 5.73 Å². The number of para-hydroxylation sites is 1. The van der Waals surface area contributed by atoms with Crippen LogP contribution in [0.1, 0.15) is 10.4 Å². The summed E-state index contributed by atoms with van der Waals surface area (Å²) < 4.78 is 0. The van der Waals surface area contributed by atoms with Crippen molar-refractivity contribution in [3.8, 4) is 5.75 Å². The van der Waals surface area contributed by atoms with Crippen molar-refractivity contribution in [1.82, 2.24) is 0 Å². The van der Waals surface area contributed by atoms with Crippen LogP contribution in [-0.2, 0) is 0 Å². The summed E-state index contributed by atoms with van der Waals surface area (Å²) in [6.07, 6.45) is 0. The number of benzene rings is 1. The van der Waals surface area contributed by atoms with Gasteiger partial charge in [-0.2, -0.15) is 0 Å². The first-order valence-electron chi connectivity index (χ1n) is 2.79. The van der Waals surface area contributed by atoms with Gasteiger partial charge in [-0.05, 0) is 12.1 Å². The molecule has 0 radical (unpaired) electrons. The molecule has 0 aliphatic carbocycles. The Labute approximate surface area is 94.2 Å². The zero-order chi connectivity index (χ0) is 7.56. The van der Waals surface area contributed by atoms with E-state index in [-0.39, 0.29) is 49.1 Å². The zero-order valence-electron chi connectivity index (χ0n) is 5.95. The second-order valence-electron chi connectivity index (χ2n) is 1.88. The Bertz CT molecular complexity index is 262. The molecule has 11 heavy (non-hydrogen) atoms. The molecule has 0 saturated carbocycles. The van der Waals surface area contributed by atoms with Crippen molar-refractivity contribution in [2.45, 2.75) is 0 Å². The van der Waals surface area contributed by atoms with Gasteiger partial charge in [-0.15, -0.1) is 0 Å². The van der Waals surface area contributed by atoms with Crippen molar-refractivity contribution in [3.63, 3.8) is 0 Å². The standard InChI is InChI=1S/C7H7NO2.Ca/c8-7(10)5-3-1-2-4-6(5)9;/h1-4,9H,(H2,8,10);/q;+2. The van der Waals surface area contributed by atoms with E-state index < -0.39 is 5.91 Å². The van der Waals surface area contributed by atoms with E-state index in [1.54, 1.807) is 12.1 Å². The van der Waals surface area contributed by atoms with E-state index in [9.17, 15) is 4.79 Å². The summed E-state index contributed by atoms with van der Waals surface area (Å²) in [6.45, 7) is 0. The molecule has 1 rings (SSSR count). The molecular weight excluding hydrogens is 170 g/mol. The molecule has 0 unspecified atom stereocenters. The number of aromatic hydroxyl groups is 1. The molecule has 1 aromatic carbocycles. The van der Waals surface area contributed by atoms with Gasteiger partial charge in [-0.3, -0.25) is 4.79 Å². The molecule has 3 nitrogen and oxygen atoms in total. The van der Waals surface area contributed by atoms with Crippen LogP contribution in [0.2, 0.25) is 0 Å². The van der Waals surface area contributed by atoms with Crippen LogP contribution in [0.15, 0.2) is 24.3 Å². The van der Waals surface area contributed by atoms with Gasteiger partial charge in [0, 0.05) is 0 Å². The molecule has 0 fully saturated rings. The second kappa shape index (κ2) is 4.59. The average Bonchev–Trinajstić information content (AvgIpc) is 1.88. The summed E-state index contributed by atoms with van der Waals surface area (Å²) in [7, 11) is 0. The number of carbonyl (C=O) groups excluding carboxylic acids is 1. The normalized spacial score (nSPS) is 8.36. The maximum absolute atomic E-state index is 10.5. The van der Waals surface area contributed by atoms with E-state index in [1.807, 2.05) is 0 Å². The Balaban J connectivity index is 0.000001000. The molecule has 0 aliphatic heterocycles. The summed E-state index contributed by atoms with van der Waals surface area (Å²) in [5.41, 5.74) is 5.07. The summed E-state index contributed by atoms with van der Waals surface area (Å²) >= 11 is 0. The molecule has 0 spiro atoms. The Morgan fingerprint density at radius 3 is 2.27 bits per heavy atom. The third-order valence-corrected chi connectivity index (χ3v) is 1.17. The average molecular weight is 177 g/mol. The van der Waals surface area contributed by atoms with Crippen LogP contribution in [0, 0.1) is 0 Å². The van der Waals surface area contributed by atoms with Crippen LogP contribution in [-0.4, -0.2) is 48.8 Å². The maximum Gasteiger partial charge on any atom is 2.00 e. The van der Waals surface area contributed by atoms with Crippen LogP contribution < -0.4 is 5.73 Å². The molecule has 0 bridgehead atoms. The number of nitrogens with two attached hydrogens (primary N) is 1. The topological polar surface area (TPSA) is 63.3 Å². The smallest absolute Gasteiger partial charge is 0.507 e. The van der Waals surface area contributed by atoms with Crippen molar-refractivity contribution in [3.05, 3.63) is 29.8 Å². The molecule has 4 heteroatoms. The Hall–Kier alpha value is -0.250. The van der Waals surface area contributed by atoms with Crippen molar-refractivity contribution < 1.29 is 9.90 Å². The van der Waals surface area contributed by atoms with Gasteiger partial charge in [0.15, 0.2) is 0 Å². The third kappa shape index (κ3) is 2.69. The first kappa shape index (κ1) is 10.7. The number of phenols is 1. The van der Waals surface area contributed by atoms with E-state index in [0.29, 0.717) is 0 Å². The van der Waals surface area contributed by atoms with E-state index in [2.05, 4.69) is 0 Å². The Morgan fingerprint density at radius 1 is 1.36 bits per heavy atom. The minimum atomic E-state index is -0.613. The molecule has 1 amide bonds. The summed E-state index contributed by atoms with van der Waals surface area (Å²) in [6, 6.07) is 6.15. The van der Waals surface area contributed by atoms with Gasteiger partial charge in [-0.25, -0.2) is 0 Å². The predicted octanol–water partition coefficient (Wildman–Crippen LogP) is 0.110. The molecule has 0 saturated heterocycles. The van der Waals surface area contributed by atoms with Gasteiger partial charge >= 0.3 is 37.7 Å². The third-order valence-electron chi connectivity index (χ3n) is 1.17. The second-order valence-corrected chi connectivity index (χ2v) is 1.88. The largest absolute Gasteiger partial charge is 2.00 e. The first-order valence-corrected chi connectivity index (χ1v) is 2.79. The number of rotatable bonds is 1. The maximum atomic E-state index is 10.5. The van der Waals surface area contributed by atoms with Crippen LogP contribution in [0.3, 0.4) is 0 Å². The van der Waals surface area contributed by atoms with Crippen molar-refractivity contribution in [2.75, 3.05) is 0 Å². The van der Waals surface area contributed by atoms with Crippen LogP contribution in [0.5, 0.6) is 5.75 Å². The van der Waals surface area contributed by atoms with Crippen LogP contribution in [0.4, 0.5) is 0 Å². The summed E-state index contributed by atoms with van der Waals surface area (Å²) in [5, 5.41) is 8.98. The van der Waals surface area contributed by atoms with Gasteiger partial charge in [0.2, 0.25) is 0 Å². The fraction of sp³-hybridized carbons (Fsp3) is 0. The summed E-state index contributed by atoms with van der Waals surface area (Å²) in [4.78, 5) is 10.5. The number of primary amides is 1. The molecule has 0 aromatic heterocycles. The van der Waals surface area contributed by atoms with Crippen LogP contribution in [0.25, 0.3) is 0 Å². The fourth-order valence-corrected chi connectivity index (χ4v) is 0.682. The minimum absolute atomic E-state index is 0. The molecule has 0 aliphatic rings. The molecule has 3 N–H and O–H groups in total. The number of amides is 1. The number of hydrogen-bond donors (Lipinski definition) is 2. The minimum Gasteiger partial charge on any atom is -0.507 e. The monoisotopic (exact) mass is 177 g/mol. The summed E-state index contributed by atoms with van der Waals surface area (Å²) in [5.74, 6) is -0.687. The van der Waals surface area contributed by atoms with Gasteiger partial charge in [-0.1, -0.05) is 12.1 Å². The quantitative estimate of drug-likeness (QED) is 0.598. The predicted molar refractivity (Wildman–Crippen MR) is 42.4 cm³/mol. The van der Waals surface area contributed by atoms with Crippen molar-refractivity contribution in [1.29, 1.82) is 0 Å².